The molecule has 0 atom stereocenters. The Hall–Kier alpha value is -1.56. The van der Waals surface area contributed by atoms with Crippen LogP contribution in [0.1, 0.15) is 18.2 Å². The van der Waals surface area contributed by atoms with E-state index in [1.807, 2.05) is 19.9 Å². The monoisotopic (exact) mass is 162 g/mol. The highest BCUT2D eigenvalue weighted by Crippen LogP contribution is 2.14. The number of nitriles is 1. The first kappa shape index (κ1) is 8.54. The van der Waals surface area contributed by atoms with Crippen molar-refractivity contribution in [3.63, 3.8) is 0 Å². The molecule has 0 aliphatic rings. The summed E-state index contributed by atoms with van der Waals surface area (Å²) in [5.41, 5.74) is 1.35. The van der Waals surface area contributed by atoms with Gasteiger partial charge < -0.3 is 4.74 Å². The van der Waals surface area contributed by atoms with E-state index in [2.05, 4.69) is 4.98 Å². The number of nitrogens with zero attached hydrogens (tertiary/aromatic N) is 2. The largest absolute Gasteiger partial charge is 0.477 e. The van der Waals surface area contributed by atoms with Crippen LogP contribution in [0.4, 0.5) is 0 Å². The minimum Gasteiger partial charge on any atom is -0.477 e. The molecule has 0 fully saturated rings. The Kier molecular flexibility index (Phi) is 2.65. The first-order valence-electron chi connectivity index (χ1n) is 3.78. The minimum absolute atomic E-state index is 0.431. The SMILES string of the molecule is CCOc1nc(C)ccc1C#N. The molecule has 3 nitrogen and oxygen atoms in total. The summed E-state index contributed by atoms with van der Waals surface area (Å²) in [6.07, 6.45) is 0. The molecular weight excluding hydrogens is 152 g/mol. The fraction of sp³-hybridized carbons (Fsp3) is 0.333. The molecule has 0 radical (unpaired) electrons. The average molecular weight is 162 g/mol. The number of pyridine rings is 1. The lowest BCUT2D eigenvalue weighted by Crippen LogP contribution is -1.98. The van der Waals surface area contributed by atoms with Crippen LogP contribution in [-0.2, 0) is 0 Å². The smallest absolute Gasteiger partial charge is 0.231 e. The third-order valence-corrected chi connectivity index (χ3v) is 1.40. The number of ether oxygens (including phenoxy) is 1. The van der Waals surface area contributed by atoms with E-state index >= 15 is 0 Å². The fourth-order valence-corrected chi connectivity index (χ4v) is 0.865. The van der Waals surface area contributed by atoms with Gasteiger partial charge in [-0.1, -0.05) is 0 Å². The van der Waals surface area contributed by atoms with Gasteiger partial charge in [-0.25, -0.2) is 4.98 Å². The van der Waals surface area contributed by atoms with Crippen LogP contribution in [0.15, 0.2) is 12.1 Å². The van der Waals surface area contributed by atoms with Crippen molar-refractivity contribution < 1.29 is 4.74 Å². The van der Waals surface area contributed by atoms with E-state index in [9.17, 15) is 0 Å². The van der Waals surface area contributed by atoms with Gasteiger partial charge in [-0.05, 0) is 26.0 Å². The lowest BCUT2D eigenvalue weighted by Gasteiger charge is -2.03. The number of hydrogen-bond donors (Lipinski definition) is 0. The van der Waals surface area contributed by atoms with Crippen molar-refractivity contribution in [2.45, 2.75) is 13.8 Å². The van der Waals surface area contributed by atoms with Crippen LogP contribution in [-0.4, -0.2) is 11.6 Å². The Morgan fingerprint density at radius 1 is 1.58 bits per heavy atom. The molecular formula is C9H10N2O. The molecule has 62 valence electrons. The van der Waals surface area contributed by atoms with Gasteiger partial charge in [0.05, 0.1) is 6.61 Å². The van der Waals surface area contributed by atoms with E-state index in [1.54, 1.807) is 12.1 Å². The van der Waals surface area contributed by atoms with Crippen LogP contribution in [0.3, 0.4) is 0 Å². The molecule has 0 N–H and O–H groups in total. The molecule has 0 spiro atoms. The van der Waals surface area contributed by atoms with Crippen molar-refractivity contribution in [3.8, 4) is 11.9 Å². The Morgan fingerprint density at radius 3 is 2.92 bits per heavy atom. The van der Waals surface area contributed by atoms with Gasteiger partial charge in [0.15, 0.2) is 0 Å². The molecule has 1 aromatic rings. The van der Waals surface area contributed by atoms with Gasteiger partial charge in [-0.2, -0.15) is 5.26 Å². The summed E-state index contributed by atoms with van der Waals surface area (Å²) in [4.78, 5) is 4.09. The normalized spacial score (nSPS) is 9.08. The van der Waals surface area contributed by atoms with Gasteiger partial charge in [-0.3, -0.25) is 0 Å². The second kappa shape index (κ2) is 3.72. The third kappa shape index (κ3) is 1.73. The standard InChI is InChI=1S/C9H10N2O/c1-3-12-9-8(6-10)5-4-7(2)11-9/h4-5H,3H2,1-2H3. The highest BCUT2D eigenvalue weighted by Gasteiger charge is 2.03. The van der Waals surface area contributed by atoms with E-state index in [0.29, 0.717) is 18.1 Å². The number of hydrogen-bond acceptors (Lipinski definition) is 3. The van der Waals surface area contributed by atoms with Crippen molar-refractivity contribution >= 4 is 0 Å². The second-order valence-corrected chi connectivity index (χ2v) is 2.35. The van der Waals surface area contributed by atoms with E-state index in [1.165, 1.54) is 0 Å². The summed E-state index contributed by atoms with van der Waals surface area (Å²) in [5.74, 6) is 0.431. The van der Waals surface area contributed by atoms with Gasteiger partial charge in [-0.15, -0.1) is 0 Å². The Morgan fingerprint density at radius 2 is 2.33 bits per heavy atom. The molecule has 1 heterocycles. The fourth-order valence-electron chi connectivity index (χ4n) is 0.865. The first-order valence-corrected chi connectivity index (χ1v) is 3.78. The molecule has 12 heavy (non-hydrogen) atoms. The molecule has 0 unspecified atom stereocenters. The van der Waals surface area contributed by atoms with E-state index in [4.69, 9.17) is 10.00 Å². The zero-order chi connectivity index (χ0) is 8.97. The van der Waals surface area contributed by atoms with Gasteiger partial charge >= 0.3 is 0 Å². The summed E-state index contributed by atoms with van der Waals surface area (Å²) < 4.78 is 5.18. The number of aromatic nitrogens is 1. The van der Waals surface area contributed by atoms with Gasteiger partial charge in [0.1, 0.15) is 11.6 Å². The molecule has 1 aromatic heterocycles. The molecule has 0 amide bonds. The van der Waals surface area contributed by atoms with Crippen LogP contribution >= 0.6 is 0 Å². The van der Waals surface area contributed by atoms with Crippen LogP contribution in [0.25, 0.3) is 0 Å². The summed E-state index contributed by atoms with van der Waals surface area (Å²) in [6.45, 7) is 4.26. The predicted octanol–water partition coefficient (Wildman–Crippen LogP) is 1.66. The molecule has 1 rings (SSSR count). The maximum Gasteiger partial charge on any atom is 0.231 e. The number of aryl methyl sites for hydroxylation is 1. The van der Waals surface area contributed by atoms with Crippen LogP contribution in [0.2, 0.25) is 0 Å². The molecule has 3 heteroatoms. The average Bonchev–Trinajstić information content (AvgIpc) is 2.05. The van der Waals surface area contributed by atoms with Crippen LogP contribution < -0.4 is 4.74 Å². The van der Waals surface area contributed by atoms with Crippen LogP contribution in [0, 0.1) is 18.3 Å². The summed E-state index contributed by atoms with van der Waals surface area (Å²) in [6, 6.07) is 5.53. The summed E-state index contributed by atoms with van der Waals surface area (Å²) >= 11 is 0. The van der Waals surface area contributed by atoms with Crippen molar-refractivity contribution in [1.29, 1.82) is 5.26 Å². The van der Waals surface area contributed by atoms with Gasteiger partial charge in [0.25, 0.3) is 0 Å². The van der Waals surface area contributed by atoms with Crippen molar-refractivity contribution in [2.24, 2.45) is 0 Å². The predicted molar refractivity (Wildman–Crippen MR) is 44.9 cm³/mol. The lowest BCUT2D eigenvalue weighted by molar-refractivity contribution is 0.325. The lowest BCUT2D eigenvalue weighted by atomic mass is 10.2. The Bertz CT molecular complexity index is 315. The van der Waals surface area contributed by atoms with Crippen molar-refractivity contribution in [2.75, 3.05) is 6.61 Å². The number of rotatable bonds is 2. The van der Waals surface area contributed by atoms with Crippen molar-refractivity contribution in [1.82, 2.24) is 4.98 Å². The van der Waals surface area contributed by atoms with E-state index in [-0.39, 0.29) is 0 Å². The van der Waals surface area contributed by atoms with Gasteiger partial charge in [0, 0.05) is 5.69 Å². The summed E-state index contributed by atoms with van der Waals surface area (Å²) in [5, 5.41) is 8.67. The molecule has 0 saturated heterocycles. The molecule has 0 bridgehead atoms. The molecule has 0 saturated carbocycles. The van der Waals surface area contributed by atoms with Crippen LogP contribution in [0.5, 0.6) is 5.88 Å². The van der Waals surface area contributed by atoms with E-state index < -0.39 is 0 Å². The highest BCUT2D eigenvalue weighted by molar-refractivity contribution is 5.38. The highest BCUT2D eigenvalue weighted by atomic mass is 16.5. The molecule has 0 aromatic carbocycles. The zero-order valence-corrected chi connectivity index (χ0v) is 7.16. The zero-order valence-electron chi connectivity index (χ0n) is 7.16. The topological polar surface area (TPSA) is 45.9 Å². The molecule has 0 aliphatic heterocycles. The molecule has 0 aliphatic carbocycles. The quantitative estimate of drug-likeness (QED) is 0.664. The van der Waals surface area contributed by atoms with Gasteiger partial charge in [0.2, 0.25) is 5.88 Å². The van der Waals surface area contributed by atoms with Crippen molar-refractivity contribution in [3.05, 3.63) is 23.4 Å². The van der Waals surface area contributed by atoms with E-state index in [0.717, 1.165) is 5.69 Å². The Labute approximate surface area is 71.6 Å². The maximum atomic E-state index is 8.67. The first-order chi connectivity index (χ1) is 5.77. The minimum atomic E-state index is 0.431. The second-order valence-electron chi connectivity index (χ2n) is 2.35. The third-order valence-electron chi connectivity index (χ3n) is 1.40. The Balaban J connectivity index is 3.06. The maximum absolute atomic E-state index is 8.67. The summed E-state index contributed by atoms with van der Waals surface area (Å²) in [7, 11) is 0.